The highest BCUT2D eigenvalue weighted by Crippen LogP contribution is 1.81. The maximum absolute atomic E-state index is 11.1. The van der Waals surface area contributed by atoms with E-state index in [1.807, 2.05) is 5.32 Å². The van der Waals surface area contributed by atoms with E-state index >= 15 is 0 Å². The fourth-order valence-electron chi connectivity index (χ4n) is 0.807. The molecule has 0 bridgehead atoms. The Morgan fingerprint density at radius 3 is 2.29 bits per heavy atom. The highest BCUT2D eigenvalue weighted by Gasteiger charge is 2.18. The lowest BCUT2D eigenvalue weighted by molar-refractivity contribution is -0.140. The zero-order chi connectivity index (χ0) is 13.5. The first-order valence-corrected chi connectivity index (χ1v) is 6.48. The van der Waals surface area contributed by atoms with Crippen LogP contribution >= 0.6 is 0 Å². The van der Waals surface area contributed by atoms with E-state index in [0.717, 1.165) is 6.26 Å². The minimum atomic E-state index is -3.32. The molecule has 1 unspecified atom stereocenters. The monoisotopic (exact) mass is 269 g/mol. The van der Waals surface area contributed by atoms with Crippen LogP contribution < -0.4 is 15.4 Å². The zero-order valence-electron chi connectivity index (χ0n) is 9.13. The van der Waals surface area contributed by atoms with Crippen molar-refractivity contribution in [3.8, 4) is 0 Å². The van der Waals surface area contributed by atoms with Gasteiger partial charge in [-0.1, -0.05) is 0 Å². The molecule has 5 N–H and O–H groups in total. The fraction of sp³-hybridized carbons (Fsp3) is 0.714. The molecule has 10 heteroatoms. The molecule has 9 nitrogen and oxygen atoms in total. The van der Waals surface area contributed by atoms with Gasteiger partial charge in [0.1, 0.15) is 0 Å². The van der Waals surface area contributed by atoms with Gasteiger partial charge in [0, 0.05) is 13.1 Å². The summed E-state index contributed by atoms with van der Waals surface area (Å²) in [5, 5.41) is 21.3. The second kappa shape index (κ2) is 7.04. The molecule has 0 aromatic carbocycles. The molecule has 0 saturated heterocycles. The molecular weight excluding hydrogens is 254 g/mol. The topological polar surface area (TPSA) is 145 Å². The van der Waals surface area contributed by atoms with E-state index in [2.05, 4.69) is 10.0 Å². The van der Waals surface area contributed by atoms with Crippen molar-refractivity contribution >= 4 is 22.0 Å². The number of aliphatic hydroxyl groups excluding tert-OH is 1. The van der Waals surface area contributed by atoms with Crippen LogP contribution in [0.5, 0.6) is 0 Å². The van der Waals surface area contributed by atoms with Crippen molar-refractivity contribution in [1.29, 1.82) is 0 Å². The third kappa shape index (κ3) is 8.42. The summed E-state index contributed by atoms with van der Waals surface area (Å²) in [7, 11) is -3.32. The molecule has 0 radical (unpaired) electrons. The minimum Gasteiger partial charge on any atom is -0.480 e. The summed E-state index contributed by atoms with van der Waals surface area (Å²) in [6.45, 7) is -0.746. The maximum Gasteiger partial charge on any atom is 0.328 e. The summed E-state index contributed by atoms with van der Waals surface area (Å²) in [6.07, 6.45) is 0.972. The second-order valence-corrected chi connectivity index (χ2v) is 4.97. The van der Waals surface area contributed by atoms with Crippen molar-refractivity contribution in [3.63, 3.8) is 0 Å². The molecule has 0 rings (SSSR count). The van der Waals surface area contributed by atoms with E-state index in [-0.39, 0.29) is 13.1 Å². The lowest BCUT2D eigenvalue weighted by Crippen LogP contribution is -2.49. The number of carbonyl (C=O) groups is 2. The normalized spacial score (nSPS) is 12.8. The van der Waals surface area contributed by atoms with Crippen molar-refractivity contribution in [2.24, 2.45) is 0 Å². The Morgan fingerprint density at radius 1 is 1.29 bits per heavy atom. The van der Waals surface area contributed by atoms with Crippen molar-refractivity contribution in [1.82, 2.24) is 15.4 Å². The highest BCUT2D eigenvalue weighted by atomic mass is 32.2. The summed E-state index contributed by atoms with van der Waals surface area (Å²) >= 11 is 0. The molecule has 0 fully saturated rings. The van der Waals surface area contributed by atoms with Gasteiger partial charge in [-0.05, 0) is 0 Å². The summed E-state index contributed by atoms with van der Waals surface area (Å²) in [4.78, 5) is 21.5. The summed E-state index contributed by atoms with van der Waals surface area (Å²) in [5.74, 6) is -1.36. The standard InChI is InChI=1S/C7H15N3O6S/c1-17(15,16)9-3-2-8-7(14)10-5(4-11)6(12)13/h5,9,11H,2-4H2,1H3,(H,12,13)(H2,8,10,14). The maximum atomic E-state index is 11.1. The van der Waals surface area contributed by atoms with Crippen LogP contribution in [0.2, 0.25) is 0 Å². The van der Waals surface area contributed by atoms with Crippen LogP contribution in [0, 0.1) is 0 Å². The number of nitrogens with one attached hydrogen (secondary N) is 3. The van der Waals surface area contributed by atoms with Crippen LogP contribution in [-0.4, -0.2) is 62.6 Å². The fourth-order valence-corrected chi connectivity index (χ4v) is 1.28. The van der Waals surface area contributed by atoms with E-state index in [9.17, 15) is 18.0 Å². The van der Waals surface area contributed by atoms with Gasteiger partial charge in [0.15, 0.2) is 6.04 Å². The van der Waals surface area contributed by atoms with Crippen LogP contribution in [0.3, 0.4) is 0 Å². The molecule has 100 valence electrons. The highest BCUT2D eigenvalue weighted by molar-refractivity contribution is 7.88. The molecule has 1 atom stereocenters. The number of sulfonamides is 1. The van der Waals surface area contributed by atoms with E-state index < -0.39 is 34.7 Å². The molecule has 0 aromatic heterocycles. The van der Waals surface area contributed by atoms with Crippen molar-refractivity contribution in [2.75, 3.05) is 26.0 Å². The number of aliphatic carboxylic acids is 1. The van der Waals surface area contributed by atoms with E-state index in [0.29, 0.717) is 0 Å². The third-order valence-electron chi connectivity index (χ3n) is 1.56. The van der Waals surface area contributed by atoms with Gasteiger partial charge >= 0.3 is 12.0 Å². The predicted octanol–water partition coefficient (Wildman–Crippen LogP) is -2.72. The molecule has 0 spiro atoms. The molecule has 0 heterocycles. The Balaban J connectivity index is 3.84. The number of aliphatic hydroxyl groups is 1. The van der Waals surface area contributed by atoms with Crippen molar-refractivity contribution < 1.29 is 28.2 Å². The van der Waals surface area contributed by atoms with Gasteiger partial charge in [0.05, 0.1) is 12.9 Å². The van der Waals surface area contributed by atoms with Gasteiger partial charge in [-0.3, -0.25) is 0 Å². The predicted molar refractivity (Wildman–Crippen MR) is 57.9 cm³/mol. The minimum absolute atomic E-state index is 0.00330. The molecule has 2 amide bonds. The Bertz CT molecular complexity index is 368. The van der Waals surface area contributed by atoms with Gasteiger partial charge < -0.3 is 20.8 Å². The molecule has 0 aromatic rings. The van der Waals surface area contributed by atoms with Crippen LogP contribution in [-0.2, 0) is 14.8 Å². The largest absolute Gasteiger partial charge is 0.480 e. The molecule has 0 aliphatic carbocycles. The number of carboxylic acid groups (broad SMARTS) is 1. The Kier molecular flexibility index (Phi) is 6.46. The first kappa shape index (κ1) is 15.6. The number of hydrogen-bond acceptors (Lipinski definition) is 5. The Morgan fingerprint density at radius 2 is 1.88 bits per heavy atom. The first-order chi connectivity index (χ1) is 7.76. The van der Waals surface area contributed by atoms with Crippen LogP contribution in [0.4, 0.5) is 4.79 Å². The number of carboxylic acids is 1. The lowest BCUT2D eigenvalue weighted by atomic mass is 10.3. The first-order valence-electron chi connectivity index (χ1n) is 4.59. The summed E-state index contributed by atoms with van der Waals surface area (Å²) in [6, 6.07) is -2.19. The Labute approximate surface area is 98.3 Å². The van der Waals surface area contributed by atoms with Gasteiger partial charge in [-0.15, -0.1) is 0 Å². The summed E-state index contributed by atoms with van der Waals surface area (Å²) < 4.78 is 23.4. The van der Waals surface area contributed by atoms with E-state index in [1.165, 1.54) is 0 Å². The number of carbonyl (C=O) groups excluding carboxylic acids is 1. The molecule has 0 aliphatic rings. The van der Waals surface area contributed by atoms with Crippen molar-refractivity contribution in [3.05, 3.63) is 0 Å². The third-order valence-corrected chi connectivity index (χ3v) is 2.29. The zero-order valence-corrected chi connectivity index (χ0v) is 9.95. The lowest BCUT2D eigenvalue weighted by Gasteiger charge is -2.12. The van der Waals surface area contributed by atoms with Gasteiger partial charge in [0.2, 0.25) is 10.0 Å². The van der Waals surface area contributed by atoms with Crippen molar-refractivity contribution in [2.45, 2.75) is 6.04 Å². The van der Waals surface area contributed by atoms with Crippen LogP contribution in [0.15, 0.2) is 0 Å². The number of urea groups is 1. The van der Waals surface area contributed by atoms with E-state index in [1.54, 1.807) is 0 Å². The average molecular weight is 269 g/mol. The number of rotatable bonds is 7. The summed E-state index contributed by atoms with van der Waals surface area (Å²) in [5.41, 5.74) is 0. The average Bonchev–Trinajstić information content (AvgIpc) is 2.19. The van der Waals surface area contributed by atoms with Gasteiger partial charge in [-0.2, -0.15) is 0 Å². The molecule has 17 heavy (non-hydrogen) atoms. The van der Waals surface area contributed by atoms with E-state index in [4.69, 9.17) is 10.2 Å². The quantitative estimate of drug-likeness (QED) is 0.317. The molecule has 0 saturated carbocycles. The number of hydrogen-bond donors (Lipinski definition) is 5. The van der Waals surface area contributed by atoms with Gasteiger partial charge in [0.25, 0.3) is 0 Å². The van der Waals surface area contributed by atoms with Gasteiger partial charge in [-0.25, -0.2) is 22.7 Å². The molecule has 0 aliphatic heterocycles. The second-order valence-electron chi connectivity index (χ2n) is 3.14. The smallest absolute Gasteiger partial charge is 0.328 e. The SMILES string of the molecule is CS(=O)(=O)NCCNC(=O)NC(CO)C(=O)O. The van der Waals surface area contributed by atoms with Crippen LogP contribution in [0.25, 0.3) is 0 Å². The number of amides is 2. The Hall–Kier alpha value is -1.39. The molecular formula is C7H15N3O6S. The van der Waals surface area contributed by atoms with Crippen LogP contribution in [0.1, 0.15) is 0 Å².